The minimum Gasteiger partial charge on any atom is -0.336 e. The summed E-state index contributed by atoms with van der Waals surface area (Å²) in [6, 6.07) is 8.09. The van der Waals surface area contributed by atoms with E-state index in [2.05, 4.69) is 5.10 Å². The van der Waals surface area contributed by atoms with Gasteiger partial charge in [-0.25, -0.2) is 18.1 Å². The highest BCUT2D eigenvalue weighted by molar-refractivity contribution is 7.89. The maximum Gasteiger partial charge on any atom is 0.254 e. The van der Waals surface area contributed by atoms with Crippen molar-refractivity contribution < 1.29 is 13.2 Å². The van der Waals surface area contributed by atoms with Gasteiger partial charge < -0.3 is 4.90 Å². The molecule has 2 aromatic heterocycles. The lowest BCUT2D eigenvalue weighted by atomic mass is 10.0. The molecule has 0 N–H and O–H groups in total. The normalized spacial score (nSPS) is 15.7. The molecule has 0 saturated carbocycles. The molecule has 1 aliphatic rings. The van der Waals surface area contributed by atoms with Crippen LogP contribution in [0.5, 0.6) is 0 Å². The zero-order valence-corrected chi connectivity index (χ0v) is 20.8. The third-order valence-corrected chi connectivity index (χ3v) is 8.04. The summed E-state index contributed by atoms with van der Waals surface area (Å²) in [7, 11) is -3.64. The molecule has 3 aromatic rings. The summed E-state index contributed by atoms with van der Waals surface area (Å²) < 4.78 is 29.2. The number of carbonyl (C=O) groups is 1. The van der Waals surface area contributed by atoms with E-state index in [0.717, 1.165) is 5.69 Å². The number of rotatable bonds is 5. The molecule has 0 unspecified atom stereocenters. The Morgan fingerprint density at radius 3 is 2.24 bits per heavy atom. The fraction of sp³-hybridized carbons (Fsp3) is 0.435. The van der Waals surface area contributed by atoms with Crippen molar-refractivity contribution in [3.63, 3.8) is 0 Å². The Morgan fingerprint density at radius 1 is 1.03 bits per heavy atom. The molecule has 176 valence electrons. The second kappa shape index (κ2) is 9.04. The molecule has 10 heteroatoms. The Kier molecular flexibility index (Phi) is 6.48. The summed E-state index contributed by atoms with van der Waals surface area (Å²) in [6.07, 6.45) is 1.70. The van der Waals surface area contributed by atoms with Crippen molar-refractivity contribution in [3.05, 3.63) is 52.8 Å². The molecule has 0 atom stereocenters. The van der Waals surface area contributed by atoms with Crippen molar-refractivity contribution in [1.82, 2.24) is 24.0 Å². The SMILES string of the molecule is CC(C)c1cc(C(=O)N2CCN(S(=O)(=O)c3ccc(Cl)cc3)CC2)c2cnn(C(C)C)c2n1. The van der Waals surface area contributed by atoms with Crippen LogP contribution in [0.3, 0.4) is 0 Å². The van der Waals surface area contributed by atoms with Gasteiger partial charge in [0, 0.05) is 42.9 Å². The number of amides is 1. The molecule has 33 heavy (non-hydrogen) atoms. The van der Waals surface area contributed by atoms with Crippen molar-refractivity contribution in [3.8, 4) is 0 Å². The average molecular weight is 490 g/mol. The number of carbonyl (C=O) groups excluding carboxylic acids is 1. The van der Waals surface area contributed by atoms with Crippen LogP contribution in [-0.2, 0) is 10.0 Å². The van der Waals surface area contributed by atoms with Gasteiger partial charge in [-0.1, -0.05) is 25.4 Å². The number of halogens is 1. The molecule has 1 fully saturated rings. The number of hydrogen-bond acceptors (Lipinski definition) is 5. The molecule has 3 heterocycles. The molecule has 1 aliphatic heterocycles. The minimum atomic E-state index is -3.64. The quantitative estimate of drug-likeness (QED) is 0.541. The second-order valence-electron chi connectivity index (χ2n) is 8.82. The van der Waals surface area contributed by atoms with Gasteiger partial charge in [0.2, 0.25) is 10.0 Å². The van der Waals surface area contributed by atoms with E-state index in [1.165, 1.54) is 16.4 Å². The highest BCUT2D eigenvalue weighted by Gasteiger charge is 2.31. The zero-order valence-electron chi connectivity index (χ0n) is 19.2. The van der Waals surface area contributed by atoms with Gasteiger partial charge in [0.15, 0.2) is 5.65 Å². The van der Waals surface area contributed by atoms with Crippen LogP contribution in [0.15, 0.2) is 41.4 Å². The number of fused-ring (bicyclic) bond motifs is 1. The van der Waals surface area contributed by atoms with Gasteiger partial charge in [-0.05, 0) is 50.1 Å². The highest BCUT2D eigenvalue weighted by atomic mass is 35.5. The standard InChI is InChI=1S/C23H28ClN5O3S/c1-15(2)21-13-19(20-14-25-29(16(3)4)22(20)26-21)23(30)27-9-11-28(12-10-27)33(31,32)18-7-5-17(24)6-8-18/h5-8,13-16H,9-12H2,1-4H3. The first-order valence-electron chi connectivity index (χ1n) is 11.0. The predicted molar refractivity (Wildman–Crippen MR) is 128 cm³/mol. The molecule has 1 saturated heterocycles. The third-order valence-electron chi connectivity index (χ3n) is 5.87. The number of hydrogen-bond donors (Lipinski definition) is 0. The van der Waals surface area contributed by atoms with E-state index >= 15 is 0 Å². The van der Waals surface area contributed by atoms with Crippen LogP contribution >= 0.6 is 11.6 Å². The van der Waals surface area contributed by atoms with Crippen molar-refractivity contribution in [2.75, 3.05) is 26.2 Å². The molecule has 0 spiro atoms. The molecule has 0 bridgehead atoms. The number of sulfonamides is 1. The van der Waals surface area contributed by atoms with E-state index in [9.17, 15) is 13.2 Å². The van der Waals surface area contributed by atoms with Gasteiger partial charge >= 0.3 is 0 Å². The lowest BCUT2D eigenvalue weighted by Crippen LogP contribution is -2.50. The summed E-state index contributed by atoms with van der Waals surface area (Å²) in [5.41, 5.74) is 2.09. The Balaban J connectivity index is 1.58. The molecule has 1 amide bonds. The summed E-state index contributed by atoms with van der Waals surface area (Å²) in [4.78, 5) is 20.2. The maximum absolute atomic E-state index is 13.5. The van der Waals surface area contributed by atoms with Crippen molar-refractivity contribution in [1.29, 1.82) is 0 Å². The lowest BCUT2D eigenvalue weighted by Gasteiger charge is -2.34. The molecule has 4 rings (SSSR count). The Labute approximate surface area is 199 Å². The zero-order chi connectivity index (χ0) is 23.9. The van der Waals surface area contributed by atoms with Crippen LogP contribution in [0.2, 0.25) is 5.02 Å². The first kappa shape index (κ1) is 23.7. The first-order chi connectivity index (χ1) is 15.6. The Hall–Kier alpha value is -2.49. The smallest absolute Gasteiger partial charge is 0.254 e. The molecule has 1 aromatic carbocycles. The molecular formula is C23H28ClN5O3S. The van der Waals surface area contributed by atoms with E-state index in [1.54, 1.807) is 23.2 Å². The van der Waals surface area contributed by atoms with Gasteiger partial charge in [0.1, 0.15) is 0 Å². The maximum atomic E-state index is 13.5. The number of piperazine rings is 1. The van der Waals surface area contributed by atoms with E-state index in [0.29, 0.717) is 34.7 Å². The van der Waals surface area contributed by atoms with E-state index < -0.39 is 10.0 Å². The van der Waals surface area contributed by atoms with E-state index in [-0.39, 0.29) is 35.9 Å². The van der Waals surface area contributed by atoms with E-state index in [1.807, 2.05) is 38.4 Å². The Morgan fingerprint density at radius 2 is 1.67 bits per heavy atom. The summed E-state index contributed by atoms with van der Waals surface area (Å²) in [5, 5.41) is 5.65. The van der Waals surface area contributed by atoms with Crippen LogP contribution in [0.4, 0.5) is 0 Å². The first-order valence-corrected chi connectivity index (χ1v) is 12.8. The van der Waals surface area contributed by atoms with Gasteiger partial charge in [0.05, 0.1) is 22.0 Å². The van der Waals surface area contributed by atoms with Crippen LogP contribution in [-0.4, -0.2) is 64.5 Å². The number of pyridine rings is 1. The van der Waals surface area contributed by atoms with Gasteiger partial charge in [0.25, 0.3) is 5.91 Å². The summed E-state index contributed by atoms with van der Waals surface area (Å²) >= 11 is 5.89. The average Bonchev–Trinajstić information content (AvgIpc) is 3.23. The van der Waals surface area contributed by atoms with Crippen LogP contribution in [0.1, 0.15) is 55.7 Å². The number of nitrogens with zero attached hydrogens (tertiary/aromatic N) is 5. The number of aromatic nitrogens is 3. The molecule has 0 radical (unpaired) electrons. The van der Waals surface area contributed by atoms with Crippen LogP contribution in [0.25, 0.3) is 11.0 Å². The van der Waals surface area contributed by atoms with E-state index in [4.69, 9.17) is 16.6 Å². The van der Waals surface area contributed by atoms with Crippen LogP contribution < -0.4 is 0 Å². The Bertz CT molecular complexity index is 1280. The van der Waals surface area contributed by atoms with Gasteiger partial charge in [-0.3, -0.25) is 4.79 Å². The lowest BCUT2D eigenvalue weighted by molar-refractivity contribution is 0.0699. The van der Waals surface area contributed by atoms with Gasteiger partial charge in [-0.15, -0.1) is 0 Å². The fourth-order valence-corrected chi connectivity index (χ4v) is 5.49. The largest absolute Gasteiger partial charge is 0.336 e. The van der Waals surface area contributed by atoms with Crippen molar-refractivity contribution in [2.45, 2.75) is 44.6 Å². The molecule has 8 nitrogen and oxygen atoms in total. The number of benzene rings is 1. The topological polar surface area (TPSA) is 88.4 Å². The highest BCUT2D eigenvalue weighted by Crippen LogP contribution is 2.26. The molecular weight excluding hydrogens is 462 g/mol. The fourth-order valence-electron chi connectivity index (χ4n) is 3.95. The predicted octanol–water partition coefficient (Wildman–Crippen LogP) is 3.94. The second-order valence-corrected chi connectivity index (χ2v) is 11.2. The molecule has 0 aliphatic carbocycles. The summed E-state index contributed by atoms with van der Waals surface area (Å²) in [6.45, 7) is 9.21. The monoisotopic (exact) mass is 489 g/mol. The minimum absolute atomic E-state index is 0.113. The third kappa shape index (κ3) is 4.49. The van der Waals surface area contributed by atoms with Crippen LogP contribution in [0, 0.1) is 0 Å². The summed E-state index contributed by atoms with van der Waals surface area (Å²) in [5.74, 6) is 0.0222. The van der Waals surface area contributed by atoms with Crippen molar-refractivity contribution >= 4 is 38.6 Å². The van der Waals surface area contributed by atoms with Crippen molar-refractivity contribution in [2.24, 2.45) is 0 Å². The van der Waals surface area contributed by atoms with Gasteiger partial charge in [-0.2, -0.15) is 9.40 Å².